The summed E-state index contributed by atoms with van der Waals surface area (Å²) in [6, 6.07) is 12.1. The highest BCUT2D eigenvalue weighted by Crippen LogP contribution is 2.39. The highest BCUT2D eigenvalue weighted by molar-refractivity contribution is 6.05. The molecule has 0 spiro atoms. The number of aliphatic hydroxyl groups excluding tert-OH is 1. The predicted octanol–water partition coefficient (Wildman–Crippen LogP) is 2.39. The molecule has 9 nitrogen and oxygen atoms in total. The van der Waals surface area contributed by atoms with E-state index in [1.165, 1.54) is 12.1 Å². The number of amides is 1. The number of nitrogens with zero attached hydrogens (tertiary/aromatic N) is 3. The minimum absolute atomic E-state index is 0.0300. The molecular weight excluding hydrogens is 412 g/mol. The Hall–Kier alpha value is -3.17. The van der Waals surface area contributed by atoms with E-state index < -0.39 is 16.4 Å². The molecule has 0 aromatic heterocycles. The van der Waals surface area contributed by atoms with Crippen LogP contribution >= 0.6 is 0 Å². The lowest BCUT2D eigenvalue weighted by Crippen LogP contribution is -2.49. The van der Waals surface area contributed by atoms with Gasteiger partial charge in [0.1, 0.15) is 18.5 Å². The van der Waals surface area contributed by atoms with Crippen molar-refractivity contribution >= 4 is 23.0 Å². The molecule has 32 heavy (non-hydrogen) atoms. The van der Waals surface area contributed by atoms with Crippen molar-refractivity contribution < 1.29 is 19.6 Å². The van der Waals surface area contributed by atoms with Crippen molar-refractivity contribution in [3.8, 4) is 5.75 Å². The Kier molecular flexibility index (Phi) is 6.03. The first kappa shape index (κ1) is 22.0. The third kappa shape index (κ3) is 4.53. The molecule has 0 saturated carbocycles. The van der Waals surface area contributed by atoms with Crippen LogP contribution in [0.15, 0.2) is 42.5 Å². The first-order chi connectivity index (χ1) is 15.2. The number of aliphatic hydroxyl groups is 1. The second kappa shape index (κ2) is 8.76. The summed E-state index contributed by atoms with van der Waals surface area (Å²) in [7, 11) is 0. The van der Waals surface area contributed by atoms with E-state index in [1.807, 2.05) is 26.0 Å². The molecule has 2 aliphatic heterocycles. The van der Waals surface area contributed by atoms with E-state index in [-0.39, 0.29) is 18.2 Å². The second-order valence-corrected chi connectivity index (χ2v) is 8.81. The number of nitro benzene ring substituents is 1. The molecule has 2 heterocycles. The topological polar surface area (TPSA) is 108 Å². The largest absolute Gasteiger partial charge is 0.491 e. The van der Waals surface area contributed by atoms with Gasteiger partial charge in [-0.05, 0) is 49.7 Å². The Morgan fingerprint density at radius 2 is 1.84 bits per heavy atom. The molecule has 1 unspecified atom stereocenters. The van der Waals surface area contributed by atoms with Crippen LogP contribution in [0.25, 0.3) is 0 Å². The Morgan fingerprint density at radius 1 is 1.16 bits per heavy atom. The molecule has 9 heteroatoms. The van der Waals surface area contributed by atoms with E-state index in [9.17, 15) is 20.0 Å². The van der Waals surface area contributed by atoms with E-state index in [1.54, 1.807) is 18.2 Å². The number of piperazine rings is 1. The van der Waals surface area contributed by atoms with Gasteiger partial charge >= 0.3 is 0 Å². The summed E-state index contributed by atoms with van der Waals surface area (Å²) in [5, 5.41) is 24.1. The van der Waals surface area contributed by atoms with Gasteiger partial charge in [-0.15, -0.1) is 0 Å². The summed E-state index contributed by atoms with van der Waals surface area (Å²) in [4.78, 5) is 26.9. The fourth-order valence-electron chi connectivity index (χ4n) is 4.16. The Bertz CT molecular complexity index is 1000. The number of nitro groups is 1. The summed E-state index contributed by atoms with van der Waals surface area (Å²) in [5.41, 5.74) is 2.16. The standard InChI is InChI=1S/C23H28N4O5/c1-23(2)20-13-19(7-8-21(20)24-22(23)29)32-15-18(28)14-25-9-11-26(12-10-25)16-3-5-17(6-4-16)27(30)31/h3-8,13,18,28H,9-12,14-15H2,1-2H3,(H,24,29). The maximum Gasteiger partial charge on any atom is 0.269 e. The molecule has 1 amide bonds. The molecule has 2 aromatic carbocycles. The molecule has 1 saturated heterocycles. The Balaban J connectivity index is 1.25. The van der Waals surface area contributed by atoms with E-state index >= 15 is 0 Å². The van der Waals surface area contributed by atoms with Crippen LogP contribution in [0.1, 0.15) is 19.4 Å². The highest BCUT2D eigenvalue weighted by atomic mass is 16.6. The quantitative estimate of drug-likeness (QED) is 0.503. The molecule has 2 aliphatic rings. The van der Waals surface area contributed by atoms with Crippen molar-refractivity contribution in [3.05, 3.63) is 58.1 Å². The predicted molar refractivity (Wildman–Crippen MR) is 121 cm³/mol. The third-order valence-corrected chi connectivity index (χ3v) is 6.19. The maximum atomic E-state index is 12.1. The van der Waals surface area contributed by atoms with Crippen LogP contribution in [-0.2, 0) is 10.2 Å². The van der Waals surface area contributed by atoms with Crippen LogP contribution < -0.4 is 15.0 Å². The minimum Gasteiger partial charge on any atom is -0.491 e. The van der Waals surface area contributed by atoms with E-state index in [0.29, 0.717) is 12.3 Å². The van der Waals surface area contributed by atoms with Gasteiger partial charge in [-0.2, -0.15) is 0 Å². The number of non-ortho nitro benzene ring substituents is 1. The zero-order valence-corrected chi connectivity index (χ0v) is 18.3. The van der Waals surface area contributed by atoms with Gasteiger partial charge < -0.3 is 20.1 Å². The number of nitrogens with one attached hydrogen (secondary N) is 1. The van der Waals surface area contributed by atoms with Gasteiger partial charge in [0.25, 0.3) is 5.69 Å². The van der Waals surface area contributed by atoms with Crippen LogP contribution in [0.5, 0.6) is 5.75 Å². The first-order valence-corrected chi connectivity index (χ1v) is 10.7. The average molecular weight is 441 g/mol. The van der Waals surface area contributed by atoms with Gasteiger partial charge in [0.2, 0.25) is 5.91 Å². The van der Waals surface area contributed by atoms with Crippen LogP contribution in [0.4, 0.5) is 17.1 Å². The lowest BCUT2D eigenvalue weighted by Gasteiger charge is -2.36. The second-order valence-electron chi connectivity index (χ2n) is 8.81. The normalized spacial score (nSPS) is 18.7. The van der Waals surface area contributed by atoms with Crippen molar-refractivity contribution in [2.45, 2.75) is 25.4 Å². The van der Waals surface area contributed by atoms with Gasteiger partial charge in [0, 0.05) is 56.2 Å². The summed E-state index contributed by atoms with van der Waals surface area (Å²) >= 11 is 0. The molecule has 4 rings (SSSR count). The number of carbonyl (C=O) groups is 1. The van der Waals surface area contributed by atoms with Crippen molar-refractivity contribution in [1.82, 2.24) is 4.90 Å². The molecular formula is C23H28N4O5. The smallest absolute Gasteiger partial charge is 0.269 e. The van der Waals surface area contributed by atoms with Gasteiger partial charge in [-0.25, -0.2) is 0 Å². The maximum absolute atomic E-state index is 12.1. The zero-order chi connectivity index (χ0) is 22.9. The lowest BCUT2D eigenvalue weighted by atomic mass is 9.86. The summed E-state index contributed by atoms with van der Waals surface area (Å²) in [5.74, 6) is 0.605. The molecule has 1 atom stereocenters. The van der Waals surface area contributed by atoms with Crippen molar-refractivity contribution in [3.63, 3.8) is 0 Å². The molecule has 1 fully saturated rings. The Morgan fingerprint density at radius 3 is 2.50 bits per heavy atom. The van der Waals surface area contributed by atoms with Crippen LogP contribution in [0.2, 0.25) is 0 Å². The van der Waals surface area contributed by atoms with Crippen molar-refractivity contribution in [1.29, 1.82) is 0 Å². The first-order valence-electron chi connectivity index (χ1n) is 10.7. The number of β-amino-alcohol motifs (C(OH)–C–C–N with tert-alkyl or cyclic N) is 1. The molecule has 0 bridgehead atoms. The fraction of sp³-hybridized carbons (Fsp3) is 0.435. The number of carbonyl (C=O) groups excluding carboxylic acids is 1. The number of benzene rings is 2. The molecule has 2 aromatic rings. The van der Waals surface area contributed by atoms with Crippen molar-refractivity contribution in [2.24, 2.45) is 0 Å². The summed E-state index contributed by atoms with van der Waals surface area (Å²) in [6.07, 6.45) is -0.637. The summed E-state index contributed by atoms with van der Waals surface area (Å²) in [6.45, 7) is 7.57. The van der Waals surface area contributed by atoms with Gasteiger partial charge in [0.15, 0.2) is 0 Å². The molecule has 2 N–H and O–H groups in total. The van der Waals surface area contributed by atoms with E-state index in [4.69, 9.17) is 4.74 Å². The highest BCUT2D eigenvalue weighted by Gasteiger charge is 2.38. The fourth-order valence-corrected chi connectivity index (χ4v) is 4.16. The van der Waals surface area contributed by atoms with Gasteiger partial charge in [-0.1, -0.05) is 0 Å². The van der Waals surface area contributed by atoms with Crippen LogP contribution in [0, 0.1) is 10.1 Å². The minimum atomic E-state index is -0.637. The molecule has 170 valence electrons. The van der Waals surface area contributed by atoms with Crippen molar-refractivity contribution in [2.75, 3.05) is 49.5 Å². The van der Waals surface area contributed by atoms with Crippen LogP contribution in [-0.4, -0.2) is 66.3 Å². The number of fused-ring (bicyclic) bond motifs is 1. The number of hydrogen-bond donors (Lipinski definition) is 2. The average Bonchev–Trinajstić information content (AvgIpc) is 3.01. The monoisotopic (exact) mass is 440 g/mol. The SMILES string of the molecule is CC1(C)C(=O)Nc2ccc(OCC(O)CN3CCN(c4ccc([N+](=O)[O-])cc4)CC3)cc21. The number of ether oxygens (including phenoxy) is 1. The van der Waals surface area contributed by atoms with Gasteiger partial charge in [-0.3, -0.25) is 19.8 Å². The van der Waals surface area contributed by atoms with E-state index in [0.717, 1.165) is 43.1 Å². The Labute approximate surface area is 186 Å². The molecule has 0 radical (unpaired) electrons. The number of hydrogen-bond acceptors (Lipinski definition) is 7. The van der Waals surface area contributed by atoms with E-state index in [2.05, 4.69) is 15.1 Å². The zero-order valence-electron chi connectivity index (χ0n) is 18.3. The third-order valence-electron chi connectivity index (χ3n) is 6.19. The summed E-state index contributed by atoms with van der Waals surface area (Å²) < 4.78 is 5.80. The van der Waals surface area contributed by atoms with Gasteiger partial charge in [0.05, 0.1) is 10.3 Å². The number of rotatable bonds is 7. The lowest BCUT2D eigenvalue weighted by molar-refractivity contribution is -0.384. The molecule has 0 aliphatic carbocycles. The van der Waals surface area contributed by atoms with Crippen LogP contribution in [0.3, 0.4) is 0 Å². The number of anilines is 2.